The lowest BCUT2D eigenvalue weighted by molar-refractivity contribution is -0.0402. The van der Waals surface area contributed by atoms with Gasteiger partial charge in [0.1, 0.15) is 5.54 Å². The molecule has 118 valence electrons. The number of halogens is 2. The lowest BCUT2D eigenvalue weighted by Crippen LogP contribution is -2.63. The van der Waals surface area contributed by atoms with Crippen LogP contribution in [0, 0.1) is 11.6 Å². The van der Waals surface area contributed by atoms with Gasteiger partial charge < -0.3 is 4.74 Å². The van der Waals surface area contributed by atoms with Gasteiger partial charge in [0.2, 0.25) is 0 Å². The smallest absolute Gasteiger partial charge is 0.330 e. The molecule has 0 aliphatic carbocycles. The monoisotopic (exact) mass is 328 g/mol. The van der Waals surface area contributed by atoms with Gasteiger partial charge in [-0.15, -0.1) is 0 Å². The molecule has 0 atom stereocenters. The molecule has 22 heavy (non-hydrogen) atoms. The Bertz CT molecular complexity index is 786. The average Bonchev–Trinajstić information content (AvgIpc) is 2.95. The molecule has 1 aliphatic rings. The minimum atomic E-state index is -3.98. The number of ether oxygens (including phenoxy) is 1. The molecule has 1 aromatic heterocycles. The van der Waals surface area contributed by atoms with Crippen molar-refractivity contribution in [3.8, 4) is 0 Å². The summed E-state index contributed by atoms with van der Waals surface area (Å²) in [5.74, 6) is -2.13. The van der Waals surface area contributed by atoms with Crippen LogP contribution in [0.5, 0.6) is 0 Å². The van der Waals surface area contributed by atoms with E-state index in [-0.39, 0.29) is 18.9 Å². The Labute approximate surface area is 126 Å². The van der Waals surface area contributed by atoms with E-state index < -0.39 is 27.4 Å². The van der Waals surface area contributed by atoms with E-state index >= 15 is 0 Å². The van der Waals surface area contributed by atoms with Crippen molar-refractivity contribution in [3.05, 3.63) is 54.4 Å². The van der Waals surface area contributed by atoms with Crippen molar-refractivity contribution >= 4 is 15.9 Å². The summed E-state index contributed by atoms with van der Waals surface area (Å²) in [6.07, 6.45) is 2.76. The summed E-state index contributed by atoms with van der Waals surface area (Å²) < 4.78 is 59.6. The molecule has 1 aromatic carbocycles. The van der Waals surface area contributed by atoms with Crippen molar-refractivity contribution in [2.24, 2.45) is 0 Å². The maximum absolute atomic E-state index is 13.5. The summed E-state index contributed by atoms with van der Waals surface area (Å²) in [6, 6.07) is 6.16. The van der Waals surface area contributed by atoms with Crippen LogP contribution in [0.3, 0.4) is 0 Å². The van der Waals surface area contributed by atoms with Crippen LogP contribution in [0.2, 0.25) is 0 Å². The van der Waals surface area contributed by atoms with Crippen LogP contribution < -0.4 is 4.31 Å². The summed E-state index contributed by atoms with van der Waals surface area (Å²) in [5.41, 5.74) is -0.800. The zero-order valence-electron chi connectivity index (χ0n) is 11.7. The van der Waals surface area contributed by atoms with Crippen molar-refractivity contribution in [1.29, 1.82) is 0 Å². The van der Waals surface area contributed by atoms with Crippen molar-refractivity contribution in [3.63, 3.8) is 0 Å². The molecule has 1 saturated heterocycles. The molecule has 0 spiro atoms. The predicted molar refractivity (Wildman–Crippen MR) is 76.8 cm³/mol. The largest absolute Gasteiger partial charge is 0.376 e. The van der Waals surface area contributed by atoms with Crippen LogP contribution in [0.25, 0.3) is 0 Å². The molecule has 0 saturated carbocycles. The number of rotatable bonds is 4. The van der Waals surface area contributed by atoms with E-state index in [1.54, 1.807) is 19.1 Å². The topological polar surface area (TPSA) is 51.5 Å². The first-order valence-electron chi connectivity index (χ1n) is 6.56. The number of aromatic nitrogens is 1. The van der Waals surface area contributed by atoms with Crippen LogP contribution in [-0.4, -0.2) is 31.1 Å². The average molecular weight is 328 g/mol. The number of nitrogens with zero attached hydrogens (tertiary/aromatic N) is 2. The van der Waals surface area contributed by atoms with Gasteiger partial charge in [-0.1, -0.05) is 0 Å². The molecule has 0 bridgehead atoms. The fraction of sp³-hybridized carbons (Fsp3) is 0.286. The van der Waals surface area contributed by atoms with Gasteiger partial charge in [0.15, 0.2) is 11.6 Å². The van der Waals surface area contributed by atoms with Gasteiger partial charge in [0.05, 0.1) is 18.9 Å². The number of hydrogen-bond acceptors (Lipinski definition) is 3. The van der Waals surface area contributed by atoms with Gasteiger partial charge in [-0.25, -0.2) is 17.1 Å². The van der Waals surface area contributed by atoms with Gasteiger partial charge >= 0.3 is 10.2 Å². The highest BCUT2D eigenvalue weighted by Gasteiger charge is 2.46. The summed E-state index contributed by atoms with van der Waals surface area (Å²) >= 11 is 0. The van der Waals surface area contributed by atoms with E-state index in [1.807, 2.05) is 0 Å². The van der Waals surface area contributed by atoms with E-state index in [1.165, 1.54) is 18.5 Å². The van der Waals surface area contributed by atoms with Crippen molar-refractivity contribution in [1.82, 2.24) is 3.97 Å². The van der Waals surface area contributed by atoms with Gasteiger partial charge in [-0.3, -0.25) is 0 Å². The second-order valence-electron chi connectivity index (χ2n) is 5.37. The lowest BCUT2D eigenvalue weighted by Gasteiger charge is -2.46. The lowest BCUT2D eigenvalue weighted by atomic mass is 10.00. The Kier molecular flexibility index (Phi) is 3.45. The number of anilines is 1. The predicted octanol–water partition coefficient (Wildman–Crippen LogP) is 2.15. The molecule has 3 rings (SSSR count). The Hall–Kier alpha value is -1.93. The zero-order valence-corrected chi connectivity index (χ0v) is 12.6. The first-order chi connectivity index (χ1) is 10.3. The normalized spacial score (nSPS) is 17.0. The quantitative estimate of drug-likeness (QED) is 0.864. The van der Waals surface area contributed by atoms with Gasteiger partial charge in [-0.2, -0.15) is 8.42 Å². The third-order valence-electron chi connectivity index (χ3n) is 3.53. The summed E-state index contributed by atoms with van der Waals surface area (Å²) in [5, 5.41) is 0. The van der Waals surface area contributed by atoms with Crippen LogP contribution in [-0.2, 0) is 14.9 Å². The van der Waals surface area contributed by atoms with E-state index in [2.05, 4.69) is 0 Å². The Morgan fingerprint density at radius 2 is 1.82 bits per heavy atom. The van der Waals surface area contributed by atoms with Gasteiger partial charge in [0, 0.05) is 18.5 Å². The highest BCUT2D eigenvalue weighted by Crippen LogP contribution is 2.34. The molecular formula is C14H14F2N2O3S. The molecule has 0 N–H and O–H groups in total. The molecule has 1 fully saturated rings. The summed E-state index contributed by atoms with van der Waals surface area (Å²) in [7, 11) is -3.98. The van der Waals surface area contributed by atoms with Crippen molar-refractivity contribution in [2.75, 3.05) is 17.5 Å². The van der Waals surface area contributed by atoms with Crippen LogP contribution >= 0.6 is 0 Å². The van der Waals surface area contributed by atoms with Crippen molar-refractivity contribution < 1.29 is 21.9 Å². The fourth-order valence-electron chi connectivity index (χ4n) is 2.42. The van der Waals surface area contributed by atoms with E-state index in [4.69, 9.17) is 4.74 Å². The Morgan fingerprint density at radius 3 is 2.32 bits per heavy atom. The Balaban J connectivity index is 2.15. The van der Waals surface area contributed by atoms with Crippen LogP contribution in [0.4, 0.5) is 14.5 Å². The van der Waals surface area contributed by atoms with E-state index in [0.717, 1.165) is 20.4 Å². The second-order valence-corrected chi connectivity index (χ2v) is 7.06. The molecular weight excluding hydrogens is 314 g/mol. The molecule has 0 radical (unpaired) electrons. The zero-order chi connectivity index (χ0) is 16.0. The van der Waals surface area contributed by atoms with Gasteiger partial charge in [0.25, 0.3) is 0 Å². The maximum atomic E-state index is 13.5. The molecule has 2 aromatic rings. The van der Waals surface area contributed by atoms with Gasteiger partial charge in [-0.05, 0) is 31.2 Å². The summed E-state index contributed by atoms with van der Waals surface area (Å²) in [6.45, 7) is 2.04. The van der Waals surface area contributed by atoms with Crippen molar-refractivity contribution in [2.45, 2.75) is 12.5 Å². The number of hydrogen-bond donors (Lipinski definition) is 0. The molecule has 0 unspecified atom stereocenters. The maximum Gasteiger partial charge on any atom is 0.330 e. The first kappa shape index (κ1) is 15.0. The molecule has 1 aliphatic heterocycles. The third-order valence-corrected chi connectivity index (χ3v) is 5.42. The third kappa shape index (κ3) is 2.28. The molecule has 2 heterocycles. The minimum absolute atomic E-state index is 0.0541. The highest BCUT2D eigenvalue weighted by atomic mass is 32.2. The summed E-state index contributed by atoms with van der Waals surface area (Å²) in [4.78, 5) is 0. The van der Waals surface area contributed by atoms with E-state index in [9.17, 15) is 17.2 Å². The van der Waals surface area contributed by atoms with Crippen LogP contribution in [0.15, 0.2) is 42.7 Å². The SMILES string of the molecule is CC1(N(c2ccc(F)c(F)c2)S(=O)(=O)n2cccc2)COC1. The highest BCUT2D eigenvalue weighted by molar-refractivity contribution is 7.91. The molecule has 0 amide bonds. The fourth-order valence-corrected chi connectivity index (χ4v) is 4.10. The second kappa shape index (κ2) is 5.06. The minimum Gasteiger partial charge on any atom is -0.376 e. The molecule has 5 nitrogen and oxygen atoms in total. The first-order valence-corrected chi connectivity index (χ1v) is 7.96. The van der Waals surface area contributed by atoms with E-state index in [0.29, 0.717) is 0 Å². The van der Waals surface area contributed by atoms with Crippen LogP contribution in [0.1, 0.15) is 6.92 Å². The Morgan fingerprint density at radius 1 is 1.18 bits per heavy atom. The standard InChI is InChI=1S/C14H14F2N2O3S/c1-14(9-21-10-14)18(11-4-5-12(15)13(16)8-11)22(19,20)17-6-2-3-7-17/h2-8H,9-10H2,1H3. The number of benzene rings is 1. The molecule has 8 heteroatoms.